The molecule has 1 fully saturated rings. The maximum atomic E-state index is 13.0. The fourth-order valence-electron chi connectivity index (χ4n) is 3.75. The number of nitrogens with zero attached hydrogens (tertiary/aromatic N) is 3. The second-order valence-electron chi connectivity index (χ2n) is 7.70. The fraction of sp³-hybridized carbons (Fsp3) is 0.320. The summed E-state index contributed by atoms with van der Waals surface area (Å²) in [6, 6.07) is 15.3. The standard InChI is InChI=1S/C25H27N3O4S/c1-3-32-20-9-7-19(8-10-20)24-26-22(17-33-24)25(30)28-13-11-27(12-14-28)23(29)16-18-5-4-6-21(15-18)31-2/h4-10,15,17H,3,11-14,16H2,1-2H3. The second kappa shape index (κ2) is 10.5. The molecule has 0 saturated carbocycles. The van der Waals surface area contributed by atoms with Crippen LogP contribution in [0.2, 0.25) is 0 Å². The molecule has 2 heterocycles. The smallest absolute Gasteiger partial charge is 0.273 e. The van der Waals surface area contributed by atoms with Crippen LogP contribution in [0.4, 0.5) is 0 Å². The molecule has 0 N–H and O–H groups in total. The summed E-state index contributed by atoms with van der Waals surface area (Å²) in [4.78, 5) is 33.8. The topological polar surface area (TPSA) is 72.0 Å². The summed E-state index contributed by atoms with van der Waals surface area (Å²) >= 11 is 1.45. The molecular formula is C25H27N3O4S. The van der Waals surface area contributed by atoms with Crippen LogP contribution in [0.1, 0.15) is 23.0 Å². The third-order valence-electron chi connectivity index (χ3n) is 5.54. The summed E-state index contributed by atoms with van der Waals surface area (Å²) in [5, 5.41) is 2.60. The minimum absolute atomic E-state index is 0.0572. The van der Waals surface area contributed by atoms with Crippen LogP contribution in [0.25, 0.3) is 10.6 Å². The molecule has 1 aliphatic rings. The Morgan fingerprint density at radius 3 is 2.42 bits per heavy atom. The molecule has 2 amide bonds. The molecule has 7 nitrogen and oxygen atoms in total. The van der Waals surface area contributed by atoms with Crippen molar-refractivity contribution < 1.29 is 19.1 Å². The maximum absolute atomic E-state index is 13.0. The predicted octanol–water partition coefficient (Wildman–Crippen LogP) is 3.74. The van der Waals surface area contributed by atoms with Crippen LogP contribution in [0.3, 0.4) is 0 Å². The molecule has 2 aromatic carbocycles. The molecule has 1 saturated heterocycles. The van der Waals surface area contributed by atoms with Crippen molar-refractivity contribution in [2.75, 3.05) is 39.9 Å². The lowest BCUT2D eigenvalue weighted by atomic mass is 10.1. The third-order valence-corrected chi connectivity index (χ3v) is 6.44. The van der Waals surface area contributed by atoms with Crippen molar-refractivity contribution >= 4 is 23.2 Å². The maximum Gasteiger partial charge on any atom is 0.273 e. The summed E-state index contributed by atoms with van der Waals surface area (Å²) in [6.45, 7) is 4.60. The monoisotopic (exact) mass is 465 g/mol. The number of benzene rings is 2. The number of methoxy groups -OCH3 is 1. The van der Waals surface area contributed by atoms with E-state index in [2.05, 4.69) is 4.98 Å². The summed E-state index contributed by atoms with van der Waals surface area (Å²) in [7, 11) is 1.61. The quantitative estimate of drug-likeness (QED) is 0.532. The Kier molecular flexibility index (Phi) is 7.24. The molecule has 0 radical (unpaired) electrons. The molecule has 8 heteroatoms. The van der Waals surface area contributed by atoms with Crippen LogP contribution in [0.15, 0.2) is 53.9 Å². The number of hydrogen-bond acceptors (Lipinski definition) is 6. The Balaban J connectivity index is 1.32. The van der Waals surface area contributed by atoms with Crippen molar-refractivity contribution in [1.29, 1.82) is 0 Å². The molecule has 1 aromatic heterocycles. The Labute approximate surface area is 197 Å². The zero-order valence-electron chi connectivity index (χ0n) is 18.8. The van der Waals surface area contributed by atoms with Gasteiger partial charge in [0, 0.05) is 37.1 Å². The van der Waals surface area contributed by atoms with Crippen LogP contribution < -0.4 is 9.47 Å². The lowest BCUT2D eigenvalue weighted by Crippen LogP contribution is -2.51. The summed E-state index contributed by atoms with van der Waals surface area (Å²) in [5.41, 5.74) is 2.32. The lowest BCUT2D eigenvalue weighted by molar-refractivity contribution is -0.131. The molecule has 0 spiro atoms. The highest BCUT2D eigenvalue weighted by atomic mass is 32.1. The van der Waals surface area contributed by atoms with Crippen molar-refractivity contribution in [2.45, 2.75) is 13.3 Å². The highest BCUT2D eigenvalue weighted by Crippen LogP contribution is 2.26. The van der Waals surface area contributed by atoms with Gasteiger partial charge in [-0.1, -0.05) is 12.1 Å². The van der Waals surface area contributed by atoms with Crippen LogP contribution in [-0.2, 0) is 11.2 Å². The first kappa shape index (κ1) is 22.8. The number of hydrogen-bond donors (Lipinski definition) is 0. The van der Waals surface area contributed by atoms with Gasteiger partial charge >= 0.3 is 0 Å². The summed E-state index contributed by atoms with van der Waals surface area (Å²) in [6.07, 6.45) is 0.322. The Morgan fingerprint density at radius 1 is 1.00 bits per heavy atom. The normalized spacial score (nSPS) is 13.6. The predicted molar refractivity (Wildman–Crippen MR) is 128 cm³/mol. The molecule has 0 unspecified atom stereocenters. The molecule has 0 atom stereocenters. The molecule has 0 bridgehead atoms. The number of carbonyl (C=O) groups excluding carboxylic acids is 2. The minimum atomic E-state index is -0.0941. The largest absolute Gasteiger partial charge is 0.497 e. The summed E-state index contributed by atoms with van der Waals surface area (Å²) < 4.78 is 10.7. The zero-order chi connectivity index (χ0) is 23.2. The summed E-state index contributed by atoms with van der Waals surface area (Å²) in [5.74, 6) is 1.52. The van der Waals surface area contributed by atoms with Gasteiger partial charge in [-0.3, -0.25) is 9.59 Å². The van der Waals surface area contributed by atoms with Gasteiger partial charge in [-0.05, 0) is 48.9 Å². The van der Waals surface area contributed by atoms with E-state index in [1.807, 2.05) is 60.4 Å². The van der Waals surface area contributed by atoms with Crippen molar-refractivity contribution in [3.63, 3.8) is 0 Å². The number of aromatic nitrogens is 1. The van der Waals surface area contributed by atoms with Crippen LogP contribution in [0.5, 0.6) is 11.5 Å². The average Bonchev–Trinajstić information content (AvgIpc) is 3.35. The van der Waals surface area contributed by atoms with E-state index in [0.29, 0.717) is 44.9 Å². The molecule has 1 aliphatic heterocycles. The number of piperazine rings is 1. The second-order valence-corrected chi connectivity index (χ2v) is 8.55. The van der Waals surface area contributed by atoms with Gasteiger partial charge in [0.1, 0.15) is 22.2 Å². The van der Waals surface area contributed by atoms with E-state index in [0.717, 1.165) is 27.6 Å². The minimum Gasteiger partial charge on any atom is -0.497 e. The number of amides is 2. The van der Waals surface area contributed by atoms with E-state index < -0.39 is 0 Å². The first-order chi connectivity index (χ1) is 16.1. The van der Waals surface area contributed by atoms with Crippen molar-refractivity contribution in [1.82, 2.24) is 14.8 Å². The molecule has 0 aliphatic carbocycles. The van der Waals surface area contributed by atoms with Gasteiger partial charge in [-0.25, -0.2) is 4.98 Å². The van der Waals surface area contributed by atoms with Crippen LogP contribution >= 0.6 is 11.3 Å². The molecular weight excluding hydrogens is 438 g/mol. The zero-order valence-corrected chi connectivity index (χ0v) is 19.6. The fourth-order valence-corrected chi connectivity index (χ4v) is 4.55. The SMILES string of the molecule is CCOc1ccc(-c2nc(C(=O)N3CCN(C(=O)Cc4cccc(OC)c4)CC3)cs2)cc1. The Hall–Kier alpha value is -3.39. The molecule has 33 heavy (non-hydrogen) atoms. The van der Waals surface area contributed by atoms with Gasteiger partial charge < -0.3 is 19.3 Å². The first-order valence-electron chi connectivity index (χ1n) is 11.0. The van der Waals surface area contributed by atoms with Crippen molar-refractivity contribution in [2.24, 2.45) is 0 Å². The van der Waals surface area contributed by atoms with Gasteiger partial charge in [0.05, 0.1) is 20.1 Å². The Morgan fingerprint density at radius 2 is 1.73 bits per heavy atom. The van der Waals surface area contributed by atoms with Gasteiger partial charge in [0.25, 0.3) is 5.91 Å². The highest BCUT2D eigenvalue weighted by molar-refractivity contribution is 7.13. The van der Waals surface area contributed by atoms with Gasteiger partial charge in [0.2, 0.25) is 5.91 Å². The van der Waals surface area contributed by atoms with E-state index >= 15 is 0 Å². The van der Waals surface area contributed by atoms with Crippen LogP contribution in [-0.4, -0.2) is 66.5 Å². The van der Waals surface area contributed by atoms with Gasteiger partial charge in [-0.2, -0.15) is 0 Å². The number of ether oxygens (including phenoxy) is 2. The van der Waals surface area contributed by atoms with E-state index in [1.165, 1.54) is 11.3 Å². The van der Waals surface area contributed by atoms with E-state index in [1.54, 1.807) is 17.4 Å². The molecule has 4 rings (SSSR count). The molecule has 172 valence electrons. The van der Waals surface area contributed by atoms with Crippen molar-refractivity contribution in [3.05, 3.63) is 65.2 Å². The van der Waals surface area contributed by atoms with E-state index in [-0.39, 0.29) is 11.8 Å². The first-order valence-corrected chi connectivity index (χ1v) is 11.8. The average molecular weight is 466 g/mol. The highest BCUT2D eigenvalue weighted by Gasteiger charge is 2.26. The number of carbonyl (C=O) groups is 2. The Bertz CT molecular complexity index is 1100. The van der Waals surface area contributed by atoms with E-state index in [9.17, 15) is 9.59 Å². The molecule has 3 aromatic rings. The van der Waals surface area contributed by atoms with Gasteiger partial charge in [-0.15, -0.1) is 11.3 Å². The van der Waals surface area contributed by atoms with Crippen LogP contribution in [0, 0.1) is 0 Å². The van der Waals surface area contributed by atoms with Crippen molar-refractivity contribution in [3.8, 4) is 22.1 Å². The number of rotatable bonds is 7. The lowest BCUT2D eigenvalue weighted by Gasteiger charge is -2.34. The van der Waals surface area contributed by atoms with Gasteiger partial charge in [0.15, 0.2) is 0 Å². The van der Waals surface area contributed by atoms with E-state index in [4.69, 9.17) is 9.47 Å². The third kappa shape index (κ3) is 5.51. The number of thiazole rings is 1.